The van der Waals surface area contributed by atoms with Gasteiger partial charge in [-0.15, -0.1) is 0 Å². The van der Waals surface area contributed by atoms with Gasteiger partial charge in [-0.3, -0.25) is 9.10 Å². The van der Waals surface area contributed by atoms with Crippen LogP contribution in [-0.2, 0) is 14.8 Å². The number of rotatable bonds is 2. The Bertz CT molecular complexity index is 919. The van der Waals surface area contributed by atoms with Gasteiger partial charge < -0.3 is 11.8 Å². The molecule has 2 heterocycles. The number of hydrogen-bond acceptors (Lipinski definition) is 5. The molecule has 0 saturated carbocycles. The average Bonchev–Trinajstić information content (AvgIpc) is 2.54. The van der Waals surface area contributed by atoms with E-state index in [-0.39, 0.29) is 74.8 Å². The van der Waals surface area contributed by atoms with E-state index in [4.69, 9.17) is 0 Å². The predicted molar refractivity (Wildman–Crippen MR) is 84.9 cm³/mol. The molecule has 0 spiro atoms. The molecule has 120 valence electrons. The number of hydrogen-bond donors (Lipinski definition) is 2. The Balaban J connectivity index is 0.00000156. The first-order valence-corrected chi connectivity index (χ1v) is 8.11. The normalized spacial score (nSPS) is 15.3. The molecule has 24 heavy (non-hydrogen) atoms. The molecule has 9 heteroatoms. The van der Waals surface area contributed by atoms with Crippen molar-refractivity contribution in [2.24, 2.45) is 0 Å². The molecule has 1 aromatic heterocycles. The third kappa shape index (κ3) is 3.28. The smallest absolute Gasteiger partial charge is 1.00 e. The molecule has 1 amide bonds. The van der Waals surface area contributed by atoms with Gasteiger partial charge in [0.15, 0.2) is 11.5 Å². The van der Waals surface area contributed by atoms with Gasteiger partial charge in [0.1, 0.15) is 5.82 Å². The number of fused-ring (bicyclic) bond motifs is 1. The Morgan fingerprint density at radius 1 is 1.21 bits per heavy atom. The largest absolute Gasteiger partial charge is 1.00 e. The summed E-state index contributed by atoms with van der Waals surface area (Å²) in [6.07, 6.45) is 1.49. The molecule has 0 atom stereocenters. The molecule has 1 aliphatic heterocycles. The molecule has 0 saturated heterocycles. The summed E-state index contributed by atoms with van der Waals surface area (Å²) in [4.78, 5) is 16.3. The number of amides is 1. The van der Waals surface area contributed by atoms with Crippen LogP contribution in [0, 0.1) is 0 Å². The van der Waals surface area contributed by atoms with Gasteiger partial charge in [0, 0.05) is 18.8 Å². The second kappa shape index (κ2) is 7.34. The first-order chi connectivity index (χ1) is 10.9. The summed E-state index contributed by atoms with van der Waals surface area (Å²) in [7, 11) is -2.69. The quantitative estimate of drug-likeness (QED) is 0.639. The van der Waals surface area contributed by atoms with Gasteiger partial charge in [0.05, 0.1) is 4.90 Å². The topological polar surface area (TPSA) is 99.6 Å². The molecular weight excluding hydrogens is 357 g/mol. The van der Waals surface area contributed by atoms with E-state index in [0.29, 0.717) is 0 Å². The van der Waals surface area contributed by atoms with Crippen molar-refractivity contribution in [2.75, 3.05) is 12.4 Å². The number of sulfonamides is 1. The number of benzene rings is 1. The Hall–Kier alpha value is -1.23. The van der Waals surface area contributed by atoms with Gasteiger partial charge in [-0.05, 0) is 24.3 Å². The summed E-state index contributed by atoms with van der Waals surface area (Å²) in [5.74, 6) is -0.907. The molecule has 0 unspecified atom stereocenters. The zero-order valence-electron chi connectivity index (χ0n) is 14.1. The number of carbonyl (C=O) groups is 1. The number of nitrogens with zero attached hydrogens (tertiary/aromatic N) is 2. The molecule has 0 radical (unpaired) electrons. The fraction of sp³-hybridized carbons (Fsp3) is 0.0667. The summed E-state index contributed by atoms with van der Waals surface area (Å²) < 4.78 is 25.8. The zero-order chi connectivity index (χ0) is 16.6. The number of nitrogens with one attached hydrogen (secondary N) is 1. The van der Waals surface area contributed by atoms with Crippen molar-refractivity contribution in [3.05, 3.63) is 59.9 Å². The molecular formula is C15H14KN3O4S. The van der Waals surface area contributed by atoms with E-state index in [2.05, 4.69) is 10.3 Å². The van der Waals surface area contributed by atoms with Crippen molar-refractivity contribution >= 4 is 27.5 Å². The van der Waals surface area contributed by atoms with Gasteiger partial charge in [0.25, 0.3) is 15.9 Å². The van der Waals surface area contributed by atoms with Gasteiger partial charge in [-0.1, -0.05) is 18.2 Å². The maximum atomic E-state index is 12.5. The van der Waals surface area contributed by atoms with E-state index >= 15 is 0 Å². The molecule has 0 bridgehead atoms. The molecule has 1 aromatic carbocycles. The van der Waals surface area contributed by atoms with E-state index in [9.17, 15) is 18.3 Å². The number of aliphatic hydroxyl groups is 1. The third-order valence-electron chi connectivity index (χ3n) is 3.44. The molecule has 3 rings (SSSR count). The second-order valence-corrected chi connectivity index (χ2v) is 6.77. The fourth-order valence-corrected chi connectivity index (χ4v) is 3.69. The van der Waals surface area contributed by atoms with Crippen LogP contribution in [0.1, 0.15) is 6.99 Å². The Kier molecular flexibility index (Phi) is 5.84. The van der Waals surface area contributed by atoms with Crippen LogP contribution in [0.5, 0.6) is 0 Å². The third-order valence-corrected chi connectivity index (χ3v) is 5.26. The van der Waals surface area contributed by atoms with Gasteiger partial charge in [-0.2, -0.15) is 0 Å². The Morgan fingerprint density at radius 2 is 1.88 bits per heavy atom. The van der Waals surface area contributed by atoms with Crippen LogP contribution < -0.4 is 56.7 Å². The Morgan fingerprint density at radius 3 is 2.54 bits per heavy atom. The Labute approximate surface area is 183 Å². The number of anilines is 1. The maximum absolute atomic E-state index is 12.5. The van der Waals surface area contributed by atoms with E-state index in [1.807, 2.05) is 0 Å². The molecule has 0 aliphatic carbocycles. The minimum atomic E-state index is -3.91. The van der Waals surface area contributed by atoms with Crippen molar-refractivity contribution in [2.45, 2.75) is 4.90 Å². The molecule has 2 N–H and O–H groups in total. The summed E-state index contributed by atoms with van der Waals surface area (Å²) >= 11 is 0. The molecule has 2 aromatic rings. The molecule has 1 aliphatic rings. The summed E-state index contributed by atoms with van der Waals surface area (Å²) in [5.41, 5.74) is -0.258. The molecule has 7 nitrogen and oxygen atoms in total. The van der Waals surface area contributed by atoms with Crippen LogP contribution in [0.4, 0.5) is 5.82 Å². The van der Waals surface area contributed by atoms with Crippen LogP contribution in [-0.4, -0.2) is 35.8 Å². The van der Waals surface area contributed by atoms with Crippen LogP contribution in [0.15, 0.2) is 59.3 Å². The molecule has 0 fully saturated rings. The number of likely N-dealkylation sites (N-methyl/N-ethyl adjacent to an activating group) is 1. The first kappa shape index (κ1) is 19.1. The van der Waals surface area contributed by atoms with Crippen molar-refractivity contribution in [3.63, 3.8) is 0 Å². The average molecular weight is 371 g/mol. The SMILES string of the molecule is CN1C(C(=O)Nc2ccccn2)=C(O)c2ccccc2S1(=O)=O.[H-].[K+]. The van der Waals surface area contributed by atoms with Gasteiger partial charge in [0.2, 0.25) is 0 Å². The fourth-order valence-electron chi connectivity index (χ4n) is 2.29. The number of pyridine rings is 1. The first-order valence-electron chi connectivity index (χ1n) is 6.67. The van der Waals surface area contributed by atoms with E-state index < -0.39 is 21.7 Å². The standard InChI is InChI=1S/C15H13N3O4S.K.H/c1-18-13(15(20)17-12-8-4-5-9-16-12)14(19)10-6-2-3-7-11(10)23(18,21)22;;/h2-9,19H,1H3,(H,16,17,20);;/q;+1;-1. The van der Waals surface area contributed by atoms with Crippen LogP contribution in [0.25, 0.3) is 5.76 Å². The van der Waals surface area contributed by atoms with Gasteiger partial charge in [-0.25, -0.2) is 13.4 Å². The predicted octanol–water partition coefficient (Wildman–Crippen LogP) is -1.30. The zero-order valence-corrected chi connectivity index (χ0v) is 17.0. The van der Waals surface area contributed by atoms with Crippen molar-refractivity contribution in [1.29, 1.82) is 0 Å². The van der Waals surface area contributed by atoms with Crippen molar-refractivity contribution in [1.82, 2.24) is 9.29 Å². The number of aromatic nitrogens is 1. The summed E-state index contributed by atoms with van der Waals surface area (Å²) in [6.45, 7) is 0. The van der Waals surface area contributed by atoms with Crippen molar-refractivity contribution < 1.29 is 71.1 Å². The van der Waals surface area contributed by atoms with Crippen LogP contribution >= 0.6 is 0 Å². The van der Waals surface area contributed by atoms with E-state index in [1.54, 1.807) is 30.3 Å². The summed E-state index contributed by atoms with van der Waals surface area (Å²) in [6, 6.07) is 10.9. The van der Waals surface area contributed by atoms with Gasteiger partial charge >= 0.3 is 51.4 Å². The van der Waals surface area contributed by atoms with E-state index in [0.717, 1.165) is 4.31 Å². The number of carbonyl (C=O) groups excluding carboxylic acids is 1. The monoisotopic (exact) mass is 371 g/mol. The second-order valence-electron chi connectivity index (χ2n) is 4.84. The maximum Gasteiger partial charge on any atom is 1.00 e. The van der Waals surface area contributed by atoms with Crippen molar-refractivity contribution in [3.8, 4) is 0 Å². The van der Waals surface area contributed by atoms with Crippen LogP contribution in [0.2, 0.25) is 0 Å². The minimum absolute atomic E-state index is 0. The number of aliphatic hydroxyl groups excluding tert-OH is 1. The van der Waals surface area contributed by atoms with E-state index in [1.165, 1.54) is 25.4 Å². The summed E-state index contributed by atoms with van der Waals surface area (Å²) in [5, 5.41) is 12.8. The minimum Gasteiger partial charge on any atom is -1.00 e. The van der Waals surface area contributed by atoms with Crippen LogP contribution in [0.3, 0.4) is 0 Å².